The van der Waals surface area contributed by atoms with Crippen molar-refractivity contribution in [2.45, 2.75) is 25.8 Å². The summed E-state index contributed by atoms with van der Waals surface area (Å²) in [6.45, 7) is 9.72. The van der Waals surface area contributed by atoms with Crippen LogP contribution in [0.5, 0.6) is 0 Å². The number of benzene rings is 2. The van der Waals surface area contributed by atoms with E-state index in [0.717, 1.165) is 28.1 Å². The zero-order valence-corrected chi connectivity index (χ0v) is 20.3. The standard InChI is InChI=1S/C28H25N5S/c1-5-20-9-13-22(14-10-20)26-24(15-29)27(31)33-28(25(26)16-30)34-17-23(6-2)32-19(4)21-11-7-18(3)8-12-21/h5-14H,1,17H2,2-4H3,(H2,31,33)/b23-6-,32-19+. The summed E-state index contributed by atoms with van der Waals surface area (Å²) in [5, 5.41) is 20.2. The maximum absolute atomic E-state index is 10.00. The van der Waals surface area contributed by atoms with E-state index in [-0.39, 0.29) is 11.4 Å². The van der Waals surface area contributed by atoms with E-state index in [0.29, 0.717) is 21.9 Å². The van der Waals surface area contributed by atoms with Crippen molar-refractivity contribution < 1.29 is 0 Å². The maximum Gasteiger partial charge on any atom is 0.143 e. The van der Waals surface area contributed by atoms with E-state index in [4.69, 9.17) is 10.7 Å². The predicted molar refractivity (Wildman–Crippen MR) is 141 cm³/mol. The fourth-order valence-corrected chi connectivity index (χ4v) is 4.35. The summed E-state index contributed by atoms with van der Waals surface area (Å²) in [7, 11) is 0. The number of allylic oxidation sites excluding steroid dienone is 1. The van der Waals surface area contributed by atoms with E-state index in [2.05, 4.69) is 54.9 Å². The fourth-order valence-electron chi connectivity index (χ4n) is 3.37. The topological polar surface area (TPSA) is 98.8 Å². The van der Waals surface area contributed by atoms with Crippen molar-refractivity contribution in [1.82, 2.24) is 4.98 Å². The highest BCUT2D eigenvalue weighted by molar-refractivity contribution is 7.99. The van der Waals surface area contributed by atoms with Crippen LogP contribution in [0.2, 0.25) is 0 Å². The number of anilines is 1. The summed E-state index contributed by atoms with van der Waals surface area (Å²) >= 11 is 1.38. The molecule has 2 aromatic carbocycles. The lowest BCUT2D eigenvalue weighted by Gasteiger charge is -2.13. The Kier molecular flexibility index (Phi) is 8.03. The van der Waals surface area contributed by atoms with Gasteiger partial charge in [-0.05, 0) is 37.5 Å². The van der Waals surface area contributed by atoms with Crippen LogP contribution in [0.25, 0.3) is 17.2 Å². The summed E-state index contributed by atoms with van der Waals surface area (Å²) in [5.41, 5.74) is 12.9. The van der Waals surface area contributed by atoms with Gasteiger partial charge in [0.05, 0.1) is 5.56 Å². The Bertz CT molecular complexity index is 1350. The van der Waals surface area contributed by atoms with Crippen LogP contribution in [0.1, 0.15) is 41.7 Å². The van der Waals surface area contributed by atoms with Crippen LogP contribution in [-0.2, 0) is 0 Å². The third-order valence-corrected chi connectivity index (χ3v) is 6.33. The molecule has 0 aliphatic rings. The molecule has 0 atom stereocenters. The van der Waals surface area contributed by atoms with Crippen LogP contribution < -0.4 is 5.73 Å². The maximum atomic E-state index is 10.00. The average molecular weight is 464 g/mol. The number of thioether (sulfide) groups is 1. The second-order valence-electron chi connectivity index (χ2n) is 7.61. The van der Waals surface area contributed by atoms with Gasteiger partial charge in [-0.15, -0.1) is 0 Å². The van der Waals surface area contributed by atoms with Crippen LogP contribution in [0.4, 0.5) is 5.82 Å². The van der Waals surface area contributed by atoms with Crippen molar-refractivity contribution >= 4 is 29.4 Å². The molecule has 0 fully saturated rings. The number of hydrogen-bond donors (Lipinski definition) is 1. The third kappa shape index (κ3) is 5.43. The molecule has 1 aromatic heterocycles. The molecule has 0 bridgehead atoms. The number of nitriles is 2. The summed E-state index contributed by atoms with van der Waals surface area (Å²) in [4.78, 5) is 9.17. The van der Waals surface area contributed by atoms with E-state index < -0.39 is 0 Å². The molecule has 0 aliphatic heterocycles. The van der Waals surface area contributed by atoms with Crippen molar-refractivity contribution in [3.63, 3.8) is 0 Å². The van der Waals surface area contributed by atoms with Gasteiger partial charge in [0, 0.05) is 22.7 Å². The van der Waals surface area contributed by atoms with Crippen molar-refractivity contribution in [2.24, 2.45) is 4.99 Å². The minimum Gasteiger partial charge on any atom is -0.383 e. The molecule has 5 nitrogen and oxygen atoms in total. The lowest BCUT2D eigenvalue weighted by Crippen LogP contribution is -2.04. The molecule has 0 spiro atoms. The molecular weight excluding hydrogens is 438 g/mol. The number of pyridine rings is 1. The SMILES string of the molecule is C=Cc1ccc(-c2c(C#N)c(N)nc(SCC(=C/C)/N=C(\C)c3ccc(C)cc3)c2C#N)cc1. The fraction of sp³-hybridized carbons (Fsp3) is 0.143. The molecule has 1 heterocycles. The molecule has 168 valence electrons. The van der Waals surface area contributed by atoms with Gasteiger partial charge in [-0.3, -0.25) is 4.99 Å². The Hall–Kier alpha value is -4.13. The first-order valence-corrected chi connectivity index (χ1v) is 11.7. The normalized spacial score (nSPS) is 11.6. The van der Waals surface area contributed by atoms with Gasteiger partial charge in [-0.25, -0.2) is 4.98 Å². The second-order valence-corrected chi connectivity index (χ2v) is 8.57. The number of aromatic nitrogens is 1. The summed E-state index contributed by atoms with van der Waals surface area (Å²) in [6, 6.07) is 20.1. The minimum atomic E-state index is 0.105. The van der Waals surface area contributed by atoms with E-state index in [1.165, 1.54) is 17.3 Å². The van der Waals surface area contributed by atoms with Crippen LogP contribution in [0.3, 0.4) is 0 Å². The van der Waals surface area contributed by atoms with Gasteiger partial charge in [-0.1, -0.05) is 84.6 Å². The molecule has 0 unspecified atom stereocenters. The number of nitrogens with two attached hydrogens (primary N) is 1. The van der Waals surface area contributed by atoms with Crippen LogP contribution >= 0.6 is 11.8 Å². The summed E-state index contributed by atoms with van der Waals surface area (Å²) in [6.07, 6.45) is 3.68. The molecule has 0 radical (unpaired) electrons. The average Bonchev–Trinajstić information content (AvgIpc) is 2.86. The molecule has 2 N–H and O–H groups in total. The quantitative estimate of drug-likeness (QED) is 0.317. The first-order valence-electron chi connectivity index (χ1n) is 10.7. The van der Waals surface area contributed by atoms with Gasteiger partial charge in [0.25, 0.3) is 0 Å². The number of aryl methyl sites for hydroxylation is 1. The lowest BCUT2D eigenvalue weighted by atomic mass is 9.96. The van der Waals surface area contributed by atoms with E-state index >= 15 is 0 Å². The van der Waals surface area contributed by atoms with E-state index in [9.17, 15) is 10.5 Å². The monoisotopic (exact) mass is 463 g/mol. The van der Waals surface area contributed by atoms with Crippen molar-refractivity contribution in [3.05, 3.63) is 94.7 Å². The van der Waals surface area contributed by atoms with Crippen LogP contribution in [-0.4, -0.2) is 16.4 Å². The highest BCUT2D eigenvalue weighted by atomic mass is 32.2. The Labute approximate surface area is 205 Å². The van der Waals surface area contributed by atoms with E-state index in [1.54, 1.807) is 6.08 Å². The number of nitrogens with zero attached hydrogens (tertiary/aromatic N) is 4. The smallest absolute Gasteiger partial charge is 0.143 e. The highest BCUT2D eigenvalue weighted by Crippen LogP contribution is 2.36. The van der Waals surface area contributed by atoms with Crippen molar-refractivity contribution in [3.8, 4) is 23.3 Å². The molecule has 0 aliphatic carbocycles. The van der Waals surface area contributed by atoms with Crippen LogP contribution in [0, 0.1) is 29.6 Å². The Balaban J connectivity index is 1.96. The summed E-state index contributed by atoms with van der Waals surface area (Å²) < 4.78 is 0. The van der Waals surface area contributed by atoms with Crippen molar-refractivity contribution in [2.75, 3.05) is 11.5 Å². The molecule has 3 aromatic rings. The minimum absolute atomic E-state index is 0.105. The Morgan fingerprint density at radius 3 is 2.29 bits per heavy atom. The van der Waals surface area contributed by atoms with Gasteiger partial charge in [0.1, 0.15) is 28.5 Å². The van der Waals surface area contributed by atoms with Gasteiger partial charge >= 0.3 is 0 Å². The number of rotatable bonds is 7. The Morgan fingerprint density at radius 2 is 1.74 bits per heavy atom. The molecule has 0 saturated heterocycles. The molecule has 0 saturated carbocycles. The zero-order chi connectivity index (χ0) is 24.7. The van der Waals surface area contributed by atoms with Crippen LogP contribution in [0.15, 0.2) is 76.9 Å². The number of nitrogen functional groups attached to an aromatic ring is 1. The van der Waals surface area contributed by atoms with Gasteiger partial charge in [0.2, 0.25) is 0 Å². The van der Waals surface area contributed by atoms with Crippen molar-refractivity contribution in [1.29, 1.82) is 10.5 Å². The molecule has 6 heteroatoms. The first kappa shape index (κ1) is 24.5. The second kappa shape index (κ2) is 11.1. The Morgan fingerprint density at radius 1 is 1.09 bits per heavy atom. The first-order chi connectivity index (χ1) is 16.4. The predicted octanol–water partition coefficient (Wildman–Crippen LogP) is 6.53. The lowest BCUT2D eigenvalue weighted by molar-refractivity contribution is 1.11. The molecular formula is C28H25N5S. The molecule has 0 amide bonds. The molecule has 34 heavy (non-hydrogen) atoms. The van der Waals surface area contributed by atoms with Gasteiger partial charge in [0.15, 0.2) is 0 Å². The van der Waals surface area contributed by atoms with Gasteiger partial charge < -0.3 is 5.73 Å². The zero-order valence-electron chi connectivity index (χ0n) is 19.5. The van der Waals surface area contributed by atoms with E-state index in [1.807, 2.05) is 44.2 Å². The van der Waals surface area contributed by atoms with Gasteiger partial charge in [-0.2, -0.15) is 10.5 Å². The number of aliphatic imine (C=N–C) groups is 1. The molecule has 3 rings (SSSR count). The highest BCUT2D eigenvalue weighted by Gasteiger charge is 2.20. The largest absolute Gasteiger partial charge is 0.383 e. The number of hydrogen-bond acceptors (Lipinski definition) is 6. The third-order valence-electron chi connectivity index (χ3n) is 5.32. The summed E-state index contributed by atoms with van der Waals surface area (Å²) in [5.74, 6) is 0.606.